The molecule has 0 aliphatic carbocycles. The Labute approximate surface area is 69.1 Å². The minimum atomic E-state index is 0.675. The summed E-state index contributed by atoms with van der Waals surface area (Å²) in [5, 5.41) is 0. The summed E-state index contributed by atoms with van der Waals surface area (Å²) in [6, 6.07) is 0. The molecule has 0 rings (SSSR count). The summed E-state index contributed by atoms with van der Waals surface area (Å²) in [6.45, 7) is 4.67. The Morgan fingerprint density at radius 3 is 2.45 bits per heavy atom. The standard InChI is InChI=1S/C10H16O/c1-4-6-8-10(7-5-2)9-11-3/h4-8H,9H2,1-3H3/b6-4-,7-5-,10-8+. The minimum absolute atomic E-state index is 0.675. The van der Waals surface area contributed by atoms with Gasteiger partial charge in [-0.15, -0.1) is 0 Å². The van der Waals surface area contributed by atoms with E-state index in [1.807, 2.05) is 44.2 Å². The first-order valence-corrected chi connectivity index (χ1v) is 3.78. The van der Waals surface area contributed by atoms with E-state index in [4.69, 9.17) is 4.74 Å². The fourth-order valence-electron chi connectivity index (χ4n) is 0.752. The van der Waals surface area contributed by atoms with Crippen LogP contribution < -0.4 is 0 Å². The summed E-state index contributed by atoms with van der Waals surface area (Å²) in [4.78, 5) is 0. The first-order valence-electron chi connectivity index (χ1n) is 3.78. The second kappa shape index (κ2) is 7.29. The maximum Gasteiger partial charge on any atom is 0.0712 e. The monoisotopic (exact) mass is 152 g/mol. The zero-order valence-electron chi connectivity index (χ0n) is 7.50. The summed E-state index contributed by atoms with van der Waals surface area (Å²) < 4.78 is 5.00. The van der Waals surface area contributed by atoms with Crippen LogP contribution >= 0.6 is 0 Å². The predicted molar refractivity (Wildman–Crippen MR) is 49.6 cm³/mol. The lowest BCUT2D eigenvalue weighted by atomic mass is 10.2. The van der Waals surface area contributed by atoms with E-state index in [0.717, 1.165) is 0 Å². The highest BCUT2D eigenvalue weighted by molar-refractivity contribution is 5.23. The first-order chi connectivity index (χ1) is 5.35. The topological polar surface area (TPSA) is 9.23 Å². The normalized spacial score (nSPS) is 13.5. The molecule has 0 aromatic rings. The maximum atomic E-state index is 5.00. The van der Waals surface area contributed by atoms with Crippen molar-refractivity contribution in [1.82, 2.24) is 0 Å². The van der Waals surface area contributed by atoms with Crippen LogP contribution in [0.5, 0.6) is 0 Å². The zero-order chi connectivity index (χ0) is 8.53. The predicted octanol–water partition coefficient (Wildman–Crippen LogP) is 2.71. The van der Waals surface area contributed by atoms with Gasteiger partial charge in [0.05, 0.1) is 6.61 Å². The van der Waals surface area contributed by atoms with Gasteiger partial charge in [0, 0.05) is 7.11 Å². The van der Waals surface area contributed by atoms with E-state index in [1.165, 1.54) is 5.57 Å². The molecule has 0 saturated heterocycles. The molecule has 0 aromatic carbocycles. The number of hydrogen-bond acceptors (Lipinski definition) is 1. The fraction of sp³-hybridized carbons (Fsp3) is 0.400. The molecule has 0 N–H and O–H groups in total. The van der Waals surface area contributed by atoms with Gasteiger partial charge in [-0.25, -0.2) is 0 Å². The Morgan fingerprint density at radius 1 is 1.27 bits per heavy atom. The van der Waals surface area contributed by atoms with E-state index in [9.17, 15) is 0 Å². The SMILES string of the molecule is C\C=C/C=C(\C=C/C)COC. The van der Waals surface area contributed by atoms with E-state index < -0.39 is 0 Å². The molecule has 0 aliphatic heterocycles. The van der Waals surface area contributed by atoms with Crippen LogP contribution in [0.3, 0.4) is 0 Å². The molecular weight excluding hydrogens is 136 g/mol. The average Bonchev–Trinajstić information content (AvgIpc) is 2.01. The molecule has 62 valence electrons. The van der Waals surface area contributed by atoms with E-state index in [1.54, 1.807) is 7.11 Å². The Bertz CT molecular complexity index is 164. The molecule has 0 fully saturated rings. The van der Waals surface area contributed by atoms with Gasteiger partial charge in [-0.05, 0) is 19.4 Å². The van der Waals surface area contributed by atoms with E-state index in [2.05, 4.69) is 0 Å². The van der Waals surface area contributed by atoms with E-state index >= 15 is 0 Å². The molecule has 0 unspecified atom stereocenters. The second-order valence-electron chi connectivity index (χ2n) is 2.20. The molecular formula is C10H16O. The maximum absolute atomic E-state index is 5.00. The molecule has 0 bridgehead atoms. The van der Waals surface area contributed by atoms with Crippen LogP contribution in [0.15, 0.2) is 36.0 Å². The van der Waals surface area contributed by atoms with Crippen molar-refractivity contribution < 1.29 is 4.74 Å². The molecule has 1 nitrogen and oxygen atoms in total. The highest BCUT2D eigenvalue weighted by atomic mass is 16.5. The van der Waals surface area contributed by atoms with E-state index in [-0.39, 0.29) is 0 Å². The van der Waals surface area contributed by atoms with Crippen LogP contribution in [0.4, 0.5) is 0 Å². The molecule has 0 aromatic heterocycles. The zero-order valence-corrected chi connectivity index (χ0v) is 7.50. The van der Waals surface area contributed by atoms with Gasteiger partial charge in [0.25, 0.3) is 0 Å². The van der Waals surface area contributed by atoms with Crippen LogP contribution in [0, 0.1) is 0 Å². The Kier molecular flexibility index (Phi) is 6.75. The van der Waals surface area contributed by atoms with Crippen molar-refractivity contribution in [3.63, 3.8) is 0 Å². The van der Waals surface area contributed by atoms with Crippen molar-refractivity contribution in [2.24, 2.45) is 0 Å². The van der Waals surface area contributed by atoms with Crippen molar-refractivity contribution in [2.75, 3.05) is 13.7 Å². The summed E-state index contributed by atoms with van der Waals surface area (Å²) >= 11 is 0. The molecule has 11 heavy (non-hydrogen) atoms. The molecule has 0 aliphatic rings. The largest absolute Gasteiger partial charge is 0.380 e. The lowest BCUT2D eigenvalue weighted by Gasteiger charge is -1.97. The minimum Gasteiger partial charge on any atom is -0.380 e. The van der Waals surface area contributed by atoms with Crippen molar-refractivity contribution in [1.29, 1.82) is 0 Å². The number of methoxy groups -OCH3 is 1. The average molecular weight is 152 g/mol. The Balaban J connectivity index is 4.07. The number of hydrogen-bond donors (Lipinski definition) is 0. The van der Waals surface area contributed by atoms with Gasteiger partial charge < -0.3 is 4.74 Å². The smallest absolute Gasteiger partial charge is 0.0712 e. The van der Waals surface area contributed by atoms with Gasteiger partial charge in [0.2, 0.25) is 0 Å². The third-order valence-electron chi connectivity index (χ3n) is 1.19. The van der Waals surface area contributed by atoms with Crippen molar-refractivity contribution in [3.05, 3.63) is 36.0 Å². The summed E-state index contributed by atoms with van der Waals surface area (Å²) in [6.07, 6.45) is 10.1. The molecule has 0 radical (unpaired) electrons. The molecule has 0 spiro atoms. The van der Waals surface area contributed by atoms with Crippen LogP contribution in [0.1, 0.15) is 13.8 Å². The molecule has 0 saturated carbocycles. The fourth-order valence-corrected chi connectivity index (χ4v) is 0.752. The number of rotatable bonds is 4. The van der Waals surface area contributed by atoms with Crippen LogP contribution in [0.25, 0.3) is 0 Å². The molecule has 1 heteroatoms. The Hall–Kier alpha value is -0.820. The van der Waals surface area contributed by atoms with Crippen LogP contribution in [-0.4, -0.2) is 13.7 Å². The quantitative estimate of drug-likeness (QED) is 0.563. The van der Waals surface area contributed by atoms with Gasteiger partial charge >= 0.3 is 0 Å². The van der Waals surface area contributed by atoms with Gasteiger partial charge in [-0.2, -0.15) is 0 Å². The summed E-state index contributed by atoms with van der Waals surface area (Å²) in [5.74, 6) is 0. The van der Waals surface area contributed by atoms with Gasteiger partial charge in [0.15, 0.2) is 0 Å². The highest BCUT2D eigenvalue weighted by Gasteiger charge is 1.86. The molecule has 0 amide bonds. The molecule has 0 atom stereocenters. The molecule has 0 heterocycles. The van der Waals surface area contributed by atoms with Crippen LogP contribution in [-0.2, 0) is 4.74 Å². The van der Waals surface area contributed by atoms with Crippen LogP contribution in [0.2, 0.25) is 0 Å². The second-order valence-corrected chi connectivity index (χ2v) is 2.20. The highest BCUT2D eigenvalue weighted by Crippen LogP contribution is 1.97. The lowest BCUT2D eigenvalue weighted by Crippen LogP contribution is -1.89. The third-order valence-corrected chi connectivity index (χ3v) is 1.19. The lowest BCUT2D eigenvalue weighted by molar-refractivity contribution is 0.228. The van der Waals surface area contributed by atoms with E-state index in [0.29, 0.717) is 6.61 Å². The van der Waals surface area contributed by atoms with Crippen molar-refractivity contribution >= 4 is 0 Å². The number of allylic oxidation sites excluding steroid dienone is 4. The van der Waals surface area contributed by atoms with Gasteiger partial charge in [-0.3, -0.25) is 0 Å². The van der Waals surface area contributed by atoms with Crippen molar-refractivity contribution in [2.45, 2.75) is 13.8 Å². The summed E-state index contributed by atoms with van der Waals surface area (Å²) in [7, 11) is 1.70. The summed E-state index contributed by atoms with van der Waals surface area (Å²) in [5.41, 5.74) is 1.19. The first kappa shape index (κ1) is 10.2. The number of ether oxygens (including phenoxy) is 1. The van der Waals surface area contributed by atoms with Gasteiger partial charge in [-0.1, -0.05) is 30.4 Å². The van der Waals surface area contributed by atoms with Crippen molar-refractivity contribution in [3.8, 4) is 0 Å². The third kappa shape index (κ3) is 5.62. The Morgan fingerprint density at radius 2 is 2.00 bits per heavy atom. The van der Waals surface area contributed by atoms with Gasteiger partial charge in [0.1, 0.15) is 0 Å².